The largest absolute Gasteiger partial charge is 0.460 e. The van der Waals surface area contributed by atoms with Gasteiger partial charge in [0, 0.05) is 5.92 Å². The van der Waals surface area contributed by atoms with Gasteiger partial charge in [-0.2, -0.15) is 0 Å². The third-order valence-electron chi connectivity index (χ3n) is 4.33. The van der Waals surface area contributed by atoms with E-state index in [-0.39, 0.29) is 18.5 Å². The monoisotopic (exact) mass is 408 g/mol. The molecule has 26 heavy (non-hydrogen) atoms. The number of ether oxygens (including phenoxy) is 1. The number of hydrogen-bond acceptors (Lipinski definition) is 2. The highest BCUT2D eigenvalue weighted by molar-refractivity contribution is 9.10. The molecular weight excluding hydrogens is 388 g/mol. The van der Waals surface area contributed by atoms with Gasteiger partial charge in [-0.15, -0.1) is 0 Å². The van der Waals surface area contributed by atoms with Crippen molar-refractivity contribution in [3.63, 3.8) is 0 Å². The third-order valence-corrected chi connectivity index (χ3v) is 5.34. The number of esters is 1. The van der Waals surface area contributed by atoms with Gasteiger partial charge < -0.3 is 4.74 Å². The summed E-state index contributed by atoms with van der Waals surface area (Å²) in [7, 11) is 0. The van der Waals surface area contributed by atoms with E-state index in [0.29, 0.717) is 0 Å². The van der Waals surface area contributed by atoms with Crippen molar-refractivity contribution in [1.29, 1.82) is 0 Å². The van der Waals surface area contributed by atoms with E-state index in [1.165, 1.54) is 5.56 Å². The number of benzene rings is 3. The molecule has 0 saturated carbocycles. The normalized spacial score (nSPS) is 13.0. The maximum absolute atomic E-state index is 12.7. The Kier molecular flexibility index (Phi) is 6.62. The molecule has 0 radical (unpaired) electrons. The zero-order valence-electron chi connectivity index (χ0n) is 14.4. The first-order valence-corrected chi connectivity index (χ1v) is 9.59. The average molecular weight is 409 g/mol. The molecule has 0 N–H and O–H groups in total. The van der Waals surface area contributed by atoms with Gasteiger partial charge in [-0.3, -0.25) is 4.79 Å². The molecule has 0 aliphatic carbocycles. The summed E-state index contributed by atoms with van der Waals surface area (Å²) in [5.41, 5.74) is 3.30. The van der Waals surface area contributed by atoms with E-state index < -0.39 is 4.83 Å². The summed E-state index contributed by atoms with van der Waals surface area (Å²) < 4.78 is 5.54. The SMILES string of the molecule is O=C(OCc1ccccc1)C(Br)C(Cc1ccccc1)c1ccccc1. The van der Waals surface area contributed by atoms with Gasteiger partial charge >= 0.3 is 5.97 Å². The minimum atomic E-state index is -0.409. The third kappa shape index (κ3) is 5.06. The molecule has 0 amide bonds. The maximum Gasteiger partial charge on any atom is 0.320 e. The molecule has 2 unspecified atom stereocenters. The Hall–Kier alpha value is -2.39. The first-order valence-electron chi connectivity index (χ1n) is 8.67. The van der Waals surface area contributed by atoms with Crippen molar-refractivity contribution < 1.29 is 9.53 Å². The van der Waals surface area contributed by atoms with Crippen LogP contribution in [0.5, 0.6) is 0 Å². The van der Waals surface area contributed by atoms with Crippen molar-refractivity contribution >= 4 is 21.9 Å². The van der Waals surface area contributed by atoms with Crippen LogP contribution < -0.4 is 0 Å². The molecular formula is C23H21BrO2. The predicted molar refractivity (Wildman–Crippen MR) is 108 cm³/mol. The molecule has 0 spiro atoms. The van der Waals surface area contributed by atoms with Crippen molar-refractivity contribution in [1.82, 2.24) is 0 Å². The van der Waals surface area contributed by atoms with Gasteiger partial charge in [0.25, 0.3) is 0 Å². The number of carbonyl (C=O) groups excluding carboxylic acids is 1. The highest BCUT2D eigenvalue weighted by Gasteiger charge is 2.28. The molecule has 3 aromatic rings. The Morgan fingerprint density at radius 3 is 1.85 bits per heavy atom. The zero-order chi connectivity index (χ0) is 18.2. The van der Waals surface area contributed by atoms with Gasteiger partial charge in [-0.1, -0.05) is 107 Å². The van der Waals surface area contributed by atoms with Crippen LogP contribution in [-0.2, 0) is 22.6 Å². The van der Waals surface area contributed by atoms with Crippen LogP contribution in [0.3, 0.4) is 0 Å². The number of rotatable bonds is 7. The van der Waals surface area contributed by atoms with E-state index in [1.54, 1.807) is 0 Å². The van der Waals surface area contributed by atoms with E-state index in [1.807, 2.05) is 66.7 Å². The Morgan fingerprint density at radius 1 is 0.769 bits per heavy atom. The fourth-order valence-electron chi connectivity index (χ4n) is 2.93. The summed E-state index contributed by atoms with van der Waals surface area (Å²) in [5, 5.41) is 0. The first kappa shape index (κ1) is 18.4. The predicted octanol–water partition coefficient (Wildman–Crippen LogP) is 5.52. The standard InChI is InChI=1S/C23H21BrO2/c24-22(23(25)26-17-19-12-6-2-7-13-19)21(20-14-8-3-9-15-20)16-18-10-4-1-5-11-18/h1-15,21-22H,16-17H2. The second-order valence-corrected chi connectivity index (χ2v) is 7.19. The Balaban J connectivity index is 1.73. The average Bonchev–Trinajstić information content (AvgIpc) is 2.72. The molecule has 0 saturated heterocycles. The fraction of sp³-hybridized carbons (Fsp3) is 0.174. The van der Waals surface area contributed by atoms with Gasteiger partial charge in [0.05, 0.1) is 0 Å². The van der Waals surface area contributed by atoms with Crippen molar-refractivity contribution in [2.24, 2.45) is 0 Å². The molecule has 3 aromatic carbocycles. The highest BCUT2D eigenvalue weighted by atomic mass is 79.9. The van der Waals surface area contributed by atoms with Crippen LogP contribution in [0, 0.1) is 0 Å². The van der Waals surface area contributed by atoms with Crippen molar-refractivity contribution in [3.05, 3.63) is 108 Å². The Bertz CT molecular complexity index is 803. The summed E-state index contributed by atoms with van der Waals surface area (Å²) in [6.07, 6.45) is 0.765. The van der Waals surface area contributed by atoms with Crippen LogP contribution in [0.4, 0.5) is 0 Å². The molecule has 0 heterocycles. The number of carbonyl (C=O) groups is 1. The summed E-state index contributed by atoms with van der Waals surface area (Å²) >= 11 is 3.60. The lowest BCUT2D eigenvalue weighted by Crippen LogP contribution is -2.26. The van der Waals surface area contributed by atoms with Crippen LogP contribution in [-0.4, -0.2) is 10.8 Å². The number of halogens is 1. The van der Waals surface area contributed by atoms with Gasteiger partial charge in [0.2, 0.25) is 0 Å². The molecule has 3 heteroatoms. The van der Waals surface area contributed by atoms with Gasteiger partial charge in [0.15, 0.2) is 0 Å². The molecule has 2 nitrogen and oxygen atoms in total. The van der Waals surface area contributed by atoms with E-state index in [0.717, 1.165) is 17.5 Å². The maximum atomic E-state index is 12.7. The summed E-state index contributed by atoms with van der Waals surface area (Å²) in [5.74, 6) is -0.236. The van der Waals surface area contributed by atoms with Crippen LogP contribution >= 0.6 is 15.9 Å². The van der Waals surface area contributed by atoms with Crippen LogP contribution in [0.15, 0.2) is 91.0 Å². The molecule has 0 bridgehead atoms. The molecule has 0 fully saturated rings. The second-order valence-electron chi connectivity index (χ2n) is 6.20. The summed E-state index contributed by atoms with van der Waals surface area (Å²) in [6.45, 7) is 0.286. The van der Waals surface area contributed by atoms with Crippen LogP contribution in [0.1, 0.15) is 22.6 Å². The molecule has 0 aliphatic heterocycles. The Labute approximate surface area is 163 Å². The lowest BCUT2D eigenvalue weighted by atomic mass is 9.89. The molecule has 132 valence electrons. The van der Waals surface area contributed by atoms with Crippen LogP contribution in [0.2, 0.25) is 0 Å². The van der Waals surface area contributed by atoms with E-state index in [4.69, 9.17) is 4.74 Å². The summed E-state index contributed by atoms with van der Waals surface area (Å²) in [6, 6.07) is 30.1. The lowest BCUT2D eigenvalue weighted by molar-refractivity contribution is -0.144. The number of hydrogen-bond donors (Lipinski definition) is 0. The van der Waals surface area contributed by atoms with Crippen molar-refractivity contribution in [2.75, 3.05) is 0 Å². The minimum absolute atomic E-state index is 0.00173. The lowest BCUT2D eigenvalue weighted by Gasteiger charge is -2.22. The van der Waals surface area contributed by atoms with E-state index >= 15 is 0 Å². The summed E-state index contributed by atoms with van der Waals surface area (Å²) in [4.78, 5) is 12.2. The van der Waals surface area contributed by atoms with Gasteiger partial charge in [-0.05, 0) is 23.1 Å². The molecule has 0 aromatic heterocycles. The minimum Gasteiger partial charge on any atom is -0.460 e. The second kappa shape index (κ2) is 9.35. The molecule has 3 rings (SSSR count). The van der Waals surface area contributed by atoms with Crippen molar-refractivity contribution in [3.8, 4) is 0 Å². The van der Waals surface area contributed by atoms with Gasteiger partial charge in [-0.25, -0.2) is 0 Å². The topological polar surface area (TPSA) is 26.3 Å². The van der Waals surface area contributed by atoms with E-state index in [9.17, 15) is 4.79 Å². The first-order chi connectivity index (χ1) is 12.7. The zero-order valence-corrected chi connectivity index (χ0v) is 16.0. The molecule has 0 aliphatic rings. The smallest absolute Gasteiger partial charge is 0.320 e. The van der Waals surface area contributed by atoms with E-state index in [2.05, 4.69) is 40.2 Å². The van der Waals surface area contributed by atoms with Crippen molar-refractivity contribution in [2.45, 2.75) is 23.8 Å². The fourth-order valence-corrected chi connectivity index (χ4v) is 3.56. The number of alkyl halides is 1. The molecule has 2 atom stereocenters. The highest BCUT2D eigenvalue weighted by Crippen LogP contribution is 2.30. The quantitative estimate of drug-likeness (QED) is 0.380. The Morgan fingerprint density at radius 2 is 1.27 bits per heavy atom. The van der Waals surface area contributed by atoms with Crippen LogP contribution in [0.25, 0.3) is 0 Å². The van der Waals surface area contributed by atoms with Gasteiger partial charge in [0.1, 0.15) is 11.4 Å².